The van der Waals surface area contributed by atoms with E-state index in [0.29, 0.717) is 6.54 Å². The molecule has 4 heteroatoms. The van der Waals surface area contributed by atoms with Crippen LogP contribution in [0.3, 0.4) is 0 Å². The first kappa shape index (κ1) is 11.0. The molecule has 0 bridgehead atoms. The average Bonchev–Trinajstić information content (AvgIpc) is 2.25. The Morgan fingerprint density at radius 2 is 1.87 bits per heavy atom. The highest BCUT2D eigenvalue weighted by Crippen LogP contribution is 1.96. The van der Waals surface area contributed by atoms with Crippen LogP contribution in [0.4, 0.5) is 0 Å². The van der Waals surface area contributed by atoms with Gasteiger partial charge in [0.25, 0.3) is 0 Å². The number of nitrogens with one attached hydrogen (secondary N) is 1. The van der Waals surface area contributed by atoms with Gasteiger partial charge in [0.1, 0.15) is 0 Å². The highest BCUT2D eigenvalue weighted by atomic mass is 16.2. The lowest BCUT2D eigenvalue weighted by atomic mass is 10.2. The molecule has 1 rings (SSSR count). The zero-order chi connectivity index (χ0) is 11.1. The van der Waals surface area contributed by atoms with Crippen molar-refractivity contribution in [1.29, 1.82) is 0 Å². The largest absolute Gasteiger partial charge is 0.366 e. The smallest absolute Gasteiger partial charge is 0.244 e. The third-order valence-electron chi connectivity index (χ3n) is 1.71. The van der Waals surface area contributed by atoms with Crippen LogP contribution in [0, 0.1) is 0 Å². The molecule has 0 aromatic heterocycles. The van der Waals surface area contributed by atoms with Crippen molar-refractivity contribution >= 4 is 11.8 Å². The van der Waals surface area contributed by atoms with E-state index in [2.05, 4.69) is 5.32 Å². The van der Waals surface area contributed by atoms with Gasteiger partial charge < -0.3 is 11.1 Å². The minimum Gasteiger partial charge on any atom is -0.366 e. The first-order valence-corrected chi connectivity index (χ1v) is 4.48. The lowest BCUT2D eigenvalue weighted by molar-refractivity contribution is -0.117. The number of amides is 2. The number of carbonyl (C=O) groups is 2. The summed E-state index contributed by atoms with van der Waals surface area (Å²) >= 11 is 0. The molecule has 1 aromatic rings. The lowest BCUT2D eigenvalue weighted by Gasteiger charge is -2.01. The number of primary amides is 1. The molecular formula is C11H12N2O2. The maximum Gasteiger partial charge on any atom is 0.244 e. The van der Waals surface area contributed by atoms with Crippen LogP contribution in [-0.2, 0) is 16.1 Å². The van der Waals surface area contributed by atoms with E-state index in [1.807, 2.05) is 30.3 Å². The highest BCUT2D eigenvalue weighted by Gasteiger charge is 1.96. The summed E-state index contributed by atoms with van der Waals surface area (Å²) in [7, 11) is 0. The third kappa shape index (κ3) is 4.61. The Hall–Kier alpha value is -2.10. The number of hydrogen-bond acceptors (Lipinski definition) is 2. The molecule has 0 spiro atoms. The number of carbonyl (C=O) groups excluding carboxylic acids is 2. The number of hydrogen-bond donors (Lipinski definition) is 2. The zero-order valence-electron chi connectivity index (χ0n) is 8.14. The molecule has 4 nitrogen and oxygen atoms in total. The molecule has 0 heterocycles. The van der Waals surface area contributed by atoms with E-state index < -0.39 is 5.91 Å². The van der Waals surface area contributed by atoms with E-state index in [4.69, 9.17) is 5.73 Å². The van der Waals surface area contributed by atoms with E-state index in [0.717, 1.165) is 17.7 Å². The molecule has 0 unspecified atom stereocenters. The van der Waals surface area contributed by atoms with Crippen molar-refractivity contribution in [3.63, 3.8) is 0 Å². The Morgan fingerprint density at radius 3 is 2.47 bits per heavy atom. The molecule has 2 amide bonds. The van der Waals surface area contributed by atoms with Crippen molar-refractivity contribution in [2.24, 2.45) is 5.73 Å². The third-order valence-corrected chi connectivity index (χ3v) is 1.71. The van der Waals surface area contributed by atoms with Gasteiger partial charge in [0.05, 0.1) is 0 Å². The highest BCUT2D eigenvalue weighted by molar-refractivity contribution is 5.95. The molecule has 1 aromatic carbocycles. The molecule has 78 valence electrons. The molecule has 0 aliphatic rings. The first-order valence-electron chi connectivity index (χ1n) is 4.48. The van der Waals surface area contributed by atoms with Gasteiger partial charge >= 0.3 is 0 Å². The summed E-state index contributed by atoms with van der Waals surface area (Å²) in [5.41, 5.74) is 5.84. The van der Waals surface area contributed by atoms with Crippen LogP contribution in [0.15, 0.2) is 42.5 Å². The molecule has 15 heavy (non-hydrogen) atoms. The summed E-state index contributed by atoms with van der Waals surface area (Å²) in [5, 5.41) is 2.62. The SMILES string of the molecule is NC(=O)/C=C\C(=O)NCc1ccccc1. The second-order valence-corrected chi connectivity index (χ2v) is 2.94. The van der Waals surface area contributed by atoms with Crippen LogP contribution in [0.25, 0.3) is 0 Å². The van der Waals surface area contributed by atoms with Crippen molar-refractivity contribution in [2.75, 3.05) is 0 Å². The number of rotatable bonds is 4. The molecule has 0 aliphatic heterocycles. The molecular weight excluding hydrogens is 192 g/mol. The van der Waals surface area contributed by atoms with Gasteiger partial charge in [-0.3, -0.25) is 9.59 Å². The molecule has 3 N–H and O–H groups in total. The van der Waals surface area contributed by atoms with Crippen molar-refractivity contribution in [3.05, 3.63) is 48.0 Å². The van der Waals surface area contributed by atoms with Gasteiger partial charge in [0, 0.05) is 18.7 Å². The summed E-state index contributed by atoms with van der Waals surface area (Å²) in [5.74, 6) is -0.970. The quantitative estimate of drug-likeness (QED) is 0.694. The maximum atomic E-state index is 11.1. The Bertz CT molecular complexity index is 371. The van der Waals surface area contributed by atoms with Crippen LogP contribution in [0.2, 0.25) is 0 Å². The topological polar surface area (TPSA) is 72.2 Å². The summed E-state index contributed by atoms with van der Waals surface area (Å²) in [6, 6.07) is 9.48. The van der Waals surface area contributed by atoms with Gasteiger partial charge in [-0.25, -0.2) is 0 Å². The van der Waals surface area contributed by atoms with Crippen molar-refractivity contribution in [1.82, 2.24) is 5.32 Å². The normalized spacial score (nSPS) is 10.1. The summed E-state index contributed by atoms with van der Waals surface area (Å²) in [4.78, 5) is 21.4. The van der Waals surface area contributed by atoms with Gasteiger partial charge in [-0.2, -0.15) is 0 Å². The predicted molar refractivity (Wildman–Crippen MR) is 56.6 cm³/mol. The maximum absolute atomic E-state index is 11.1. The minimum atomic E-state index is -0.634. The molecule has 0 saturated heterocycles. The van der Waals surface area contributed by atoms with Gasteiger partial charge in [0.15, 0.2) is 0 Å². The predicted octanol–water partition coefficient (Wildman–Crippen LogP) is 0.344. The van der Waals surface area contributed by atoms with Crippen LogP contribution in [0.1, 0.15) is 5.56 Å². The van der Waals surface area contributed by atoms with E-state index in [1.54, 1.807) is 0 Å². The molecule has 0 atom stereocenters. The van der Waals surface area contributed by atoms with Gasteiger partial charge in [-0.15, -0.1) is 0 Å². The molecule has 0 aliphatic carbocycles. The Morgan fingerprint density at radius 1 is 1.20 bits per heavy atom. The Labute approximate surface area is 87.8 Å². The van der Waals surface area contributed by atoms with Gasteiger partial charge in [-0.05, 0) is 5.56 Å². The monoisotopic (exact) mass is 204 g/mol. The van der Waals surface area contributed by atoms with Crippen molar-refractivity contribution in [2.45, 2.75) is 6.54 Å². The van der Waals surface area contributed by atoms with E-state index in [-0.39, 0.29) is 5.91 Å². The Balaban J connectivity index is 2.38. The standard InChI is InChI=1S/C11H12N2O2/c12-10(14)6-7-11(15)13-8-9-4-2-1-3-5-9/h1-7H,8H2,(H2,12,14)(H,13,15)/b7-6-. The summed E-state index contributed by atoms with van der Waals surface area (Å²) < 4.78 is 0. The van der Waals surface area contributed by atoms with Crippen LogP contribution in [-0.4, -0.2) is 11.8 Å². The second kappa shape index (κ2) is 5.59. The van der Waals surface area contributed by atoms with Gasteiger partial charge in [0.2, 0.25) is 11.8 Å². The first-order chi connectivity index (χ1) is 7.18. The van der Waals surface area contributed by atoms with Crippen molar-refractivity contribution < 1.29 is 9.59 Å². The Kier molecular flexibility index (Phi) is 4.09. The fourth-order valence-corrected chi connectivity index (χ4v) is 1.00. The number of benzene rings is 1. The second-order valence-electron chi connectivity index (χ2n) is 2.94. The zero-order valence-corrected chi connectivity index (χ0v) is 8.14. The molecule has 0 radical (unpaired) electrons. The van der Waals surface area contributed by atoms with Crippen LogP contribution in [0.5, 0.6) is 0 Å². The van der Waals surface area contributed by atoms with E-state index in [9.17, 15) is 9.59 Å². The summed E-state index contributed by atoms with van der Waals surface area (Å²) in [6.45, 7) is 0.433. The number of nitrogens with two attached hydrogens (primary N) is 1. The summed E-state index contributed by atoms with van der Waals surface area (Å²) in [6.07, 6.45) is 2.14. The van der Waals surface area contributed by atoms with E-state index in [1.165, 1.54) is 0 Å². The molecule has 0 fully saturated rings. The van der Waals surface area contributed by atoms with Crippen molar-refractivity contribution in [3.8, 4) is 0 Å². The lowest BCUT2D eigenvalue weighted by Crippen LogP contribution is -2.21. The molecule has 0 saturated carbocycles. The minimum absolute atomic E-state index is 0.336. The average molecular weight is 204 g/mol. The van der Waals surface area contributed by atoms with Crippen LogP contribution >= 0.6 is 0 Å². The fourth-order valence-electron chi connectivity index (χ4n) is 1.00. The van der Waals surface area contributed by atoms with Gasteiger partial charge in [-0.1, -0.05) is 30.3 Å². The van der Waals surface area contributed by atoms with Crippen LogP contribution < -0.4 is 11.1 Å². The van der Waals surface area contributed by atoms with E-state index >= 15 is 0 Å². The fraction of sp³-hybridized carbons (Fsp3) is 0.0909.